The first kappa shape index (κ1) is 42.9. The topological polar surface area (TPSA) is 209 Å². The Bertz CT molecular complexity index is 1530. The Hall–Kier alpha value is -1.76. The van der Waals surface area contributed by atoms with Crippen LogP contribution in [0.1, 0.15) is 112 Å². The van der Waals surface area contributed by atoms with Crippen molar-refractivity contribution in [3.05, 3.63) is 11.6 Å². The van der Waals surface area contributed by atoms with Crippen LogP contribution in [0.4, 0.5) is 0 Å². The zero-order valence-corrected chi connectivity index (χ0v) is 34.8. The van der Waals surface area contributed by atoms with Crippen molar-refractivity contribution in [2.24, 2.45) is 34.5 Å². The smallest absolute Gasteiger partial charge is 0.331 e. The molecule has 4 saturated carbocycles. The zero-order chi connectivity index (χ0) is 41.5. The number of ether oxygens (including phenoxy) is 8. The molecule has 4 aliphatic carbocycles. The summed E-state index contributed by atoms with van der Waals surface area (Å²) in [5.74, 6) is -0.246. The number of cyclic esters (lactones) is 1. The summed E-state index contributed by atoms with van der Waals surface area (Å²) in [7, 11) is 0. The molecule has 7 fully saturated rings. The van der Waals surface area contributed by atoms with Crippen LogP contribution < -0.4 is 0 Å². The molecule has 3 saturated heterocycles. The normalized spacial score (nSPS) is 53.2. The standard InChI is InChI=1S/C43H66O15/c1-20-38(49)32(55-23(4)44)18-37(52-20)58-40-22(3)54-36(17-31(40)46)57-39-21(2)53-35(16-30(39)45)56-26-14-25-7-8-29-28(42(25,6)33(47)15-26)9-11-41(5)27(10-12-43(29,41)50)24-13-34(48)51-19-24/h13,20-22,25-33,35-40,45-47,49-50H,7-12,14-19H2,1-6H3/t20-,21-,22-,25-,26+,27+,28+,29-,30-,31-,32-,33+,35+,36+,37+,38+,39+,40+,41-,42-,43-/m1/s1. The minimum atomic E-state index is -1.00. The Morgan fingerprint density at radius 3 is 1.98 bits per heavy atom. The lowest BCUT2D eigenvalue weighted by atomic mass is 9.42. The molecule has 328 valence electrons. The summed E-state index contributed by atoms with van der Waals surface area (Å²) in [6.07, 6.45) is -2.18. The number of aliphatic hydroxyl groups is 5. The molecule has 15 heteroatoms. The molecule has 8 rings (SSSR count). The van der Waals surface area contributed by atoms with Crippen molar-refractivity contribution in [3.8, 4) is 0 Å². The van der Waals surface area contributed by atoms with E-state index in [-0.39, 0.29) is 65.8 Å². The number of esters is 2. The highest BCUT2D eigenvalue weighted by molar-refractivity contribution is 5.85. The van der Waals surface area contributed by atoms with Gasteiger partial charge in [0, 0.05) is 44.1 Å². The second kappa shape index (κ2) is 16.2. The molecule has 0 radical (unpaired) electrons. The van der Waals surface area contributed by atoms with E-state index in [9.17, 15) is 35.1 Å². The van der Waals surface area contributed by atoms with Gasteiger partial charge in [-0.25, -0.2) is 4.79 Å². The number of aliphatic hydroxyl groups excluding tert-OH is 4. The first-order valence-electron chi connectivity index (χ1n) is 21.8. The fraction of sp³-hybridized carbons (Fsp3) is 0.907. The van der Waals surface area contributed by atoms with Gasteiger partial charge < -0.3 is 63.4 Å². The molecule has 4 aliphatic heterocycles. The summed E-state index contributed by atoms with van der Waals surface area (Å²) in [4.78, 5) is 23.5. The van der Waals surface area contributed by atoms with E-state index in [0.717, 1.165) is 44.1 Å². The van der Waals surface area contributed by atoms with Crippen LogP contribution in [0, 0.1) is 34.5 Å². The van der Waals surface area contributed by atoms with Crippen LogP contribution in [0.5, 0.6) is 0 Å². The highest BCUT2D eigenvalue weighted by Crippen LogP contribution is 2.70. The minimum Gasteiger partial charge on any atom is -0.459 e. The molecule has 0 bridgehead atoms. The van der Waals surface area contributed by atoms with E-state index in [0.29, 0.717) is 19.4 Å². The summed E-state index contributed by atoms with van der Waals surface area (Å²) in [5, 5.41) is 57.4. The van der Waals surface area contributed by atoms with Crippen LogP contribution in [0.3, 0.4) is 0 Å². The SMILES string of the molecule is CC(=O)O[C@@H]1C[C@H](O[C@@H]2[C@H](O)C[C@H](O[C@@H]3[C@H](O)C[C@H](O[C@H]4C[C@H]5CC[C@@H]6[C@H](CC[C@]7(C)[C@H](C8=CC(=O)OC8)CC[C@@]67O)[C@]5(C)[C@@H](O)C4)O[C@@H]3C)O[C@@H]2C)O[C@H](C)[C@@H]1O. The van der Waals surface area contributed by atoms with Gasteiger partial charge in [-0.05, 0) is 100 Å². The third-order valence-electron chi connectivity index (χ3n) is 16.3. The molecule has 0 spiro atoms. The van der Waals surface area contributed by atoms with Gasteiger partial charge in [0.15, 0.2) is 18.9 Å². The maximum Gasteiger partial charge on any atom is 0.331 e. The molecular weight excluding hydrogens is 756 g/mol. The fourth-order valence-corrected chi connectivity index (χ4v) is 13.1. The molecule has 15 nitrogen and oxygen atoms in total. The lowest BCUT2D eigenvalue weighted by Gasteiger charge is -2.64. The van der Waals surface area contributed by atoms with Crippen LogP contribution in [0.15, 0.2) is 11.6 Å². The van der Waals surface area contributed by atoms with Crippen LogP contribution >= 0.6 is 0 Å². The molecular formula is C43H66O15. The van der Waals surface area contributed by atoms with E-state index >= 15 is 0 Å². The average Bonchev–Trinajstić information content (AvgIpc) is 3.69. The second-order valence-corrected chi connectivity index (χ2v) is 19.4. The van der Waals surface area contributed by atoms with E-state index in [1.54, 1.807) is 19.9 Å². The summed E-state index contributed by atoms with van der Waals surface area (Å²) in [5.41, 5.74) is -0.565. The fourth-order valence-electron chi connectivity index (χ4n) is 13.1. The lowest BCUT2D eigenvalue weighted by Crippen LogP contribution is -2.65. The van der Waals surface area contributed by atoms with E-state index in [1.165, 1.54) is 6.92 Å². The van der Waals surface area contributed by atoms with E-state index in [2.05, 4.69) is 13.8 Å². The van der Waals surface area contributed by atoms with E-state index in [4.69, 9.17) is 37.9 Å². The van der Waals surface area contributed by atoms with Crippen molar-refractivity contribution in [2.75, 3.05) is 6.61 Å². The first-order valence-corrected chi connectivity index (χ1v) is 21.8. The van der Waals surface area contributed by atoms with Gasteiger partial charge in [-0.3, -0.25) is 4.79 Å². The van der Waals surface area contributed by atoms with Crippen LogP contribution in [-0.4, -0.2) is 136 Å². The molecule has 0 aromatic rings. The van der Waals surface area contributed by atoms with E-state index in [1.807, 2.05) is 6.92 Å². The summed E-state index contributed by atoms with van der Waals surface area (Å²) < 4.78 is 47.6. The summed E-state index contributed by atoms with van der Waals surface area (Å²) >= 11 is 0. The molecule has 8 aliphatic rings. The van der Waals surface area contributed by atoms with Gasteiger partial charge in [0.25, 0.3) is 0 Å². The van der Waals surface area contributed by atoms with Gasteiger partial charge in [-0.2, -0.15) is 0 Å². The van der Waals surface area contributed by atoms with Gasteiger partial charge in [0.05, 0.1) is 48.3 Å². The van der Waals surface area contributed by atoms with Gasteiger partial charge in [-0.15, -0.1) is 0 Å². The Balaban J connectivity index is 0.834. The number of hydrogen-bond donors (Lipinski definition) is 5. The second-order valence-electron chi connectivity index (χ2n) is 19.4. The van der Waals surface area contributed by atoms with Crippen LogP contribution in [0.2, 0.25) is 0 Å². The maximum atomic E-state index is 12.6. The maximum absolute atomic E-state index is 12.6. The van der Waals surface area contributed by atoms with Crippen molar-refractivity contribution in [2.45, 2.75) is 204 Å². The van der Waals surface area contributed by atoms with Crippen molar-refractivity contribution in [1.82, 2.24) is 0 Å². The number of carbonyl (C=O) groups excluding carboxylic acids is 2. The Morgan fingerprint density at radius 2 is 1.38 bits per heavy atom. The molecule has 0 amide bonds. The highest BCUT2D eigenvalue weighted by Gasteiger charge is 2.69. The van der Waals surface area contributed by atoms with Gasteiger partial charge in [-0.1, -0.05) is 13.8 Å². The van der Waals surface area contributed by atoms with Crippen molar-refractivity contribution in [3.63, 3.8) is 0 Å². The first-order chi connectivity index (χ1) is 27.4. The van der Waals surface area contributed by atoms with E-state index < -0.39 is 91.5 Å². The minimum absolute atomic E-state index is 0.0659. The summed E-state index contributed by atoms with van der Waals surface area (Å²) in [6, 6.07) is 0. The van der Waals surface area contributed by atoms with Crippen LogP contribution in [0.25, 0.3) is 0 Å². The Kier molecular flexibility index (Phi) is 12.0. The van der Waals surface area contributed by atoms with Crippen molar-refractivity contribution >= 4 is 11.9 Å². The Labute approximate surface area is 341 Å². The van der Waals surface area contributed by atoms with Crippen LogP contribution in [-0.2, 0) is 47.5 Å². The average molecular weight is 823 g/mol. The lowest BCUT2D eigenvalue weighted by molar-refractivity contribution is -0.337. The molecule has 5 N–H and O–H groups in total. The number of rotatable bonds is 8. The molecule has 0 aromatic carbocycles. The molecule has 4 heterocycles. The summed E-state index contributed by atoms with van der Waals surface area (Å²) in [6.45, 7) is 11.2. The zero-order valence-electron chi connectivity index (χ0n) is 34.8. The van der Waals surface area contributed by atoms with Crippen molar-refractivity contribution < 1.29 is 73.0 Å². The van der Waals surface area contributed by atoms with Gasteiger partial charge >= 0.3 is 11.9 Å². The van der Waals surface area contributed by atoms with Gasteiger partial charge in [0.2, 0.25) is 0 Å². The molecule has 0 unspecified atom stereocenters. The number of fused-ring (bicyclic) bond motifs is 5. The molecule has 58 heavy (non-hydrogen) atoms. The predicted molar refractivity (Wildman–Crippen MR) is 202 cm³/mol. The highest BCUT2D eigenvalue weighted by atomic mass is 16.7. The predicted octanol–water partition coefficient (Wildman–Crippen LogP) is 2.79. The van der Waals surface area contributed by atoms with Gasteiger partial charge in [0.1, 0.15) is 31.0 Å². The number of carbonyl (C=O) groups is 2. The van der Waals surface area contributed by atoms with Crippen molar-refractivity contribution in [1.29, 1.82) is 0 Å². The quantitative estimate of drug-likeness (QED) is 0.176. The third-order valence-corrected chi connectivity index (χ3v) is 16.3. The number of hydrogen-bond acceptors (Lipinski definition) is 15. The molecule has 0 aromatic heterocycles. The molecule has 21 atom stereocenters. The Morgan fingerprint density at radius 1 is 0.759 bits per heavy atom. The largest absolute Gasteiger partial charge is 0.459 e. The monoisotopic (exact) mass is 822 g/mol. The third kappa shape index (κ3) is 7.49.